The molecule has 0 aliphatic carbocycles. The molecule has 2 aromatic carbocycles. The van der Waals surface area contributed by atoms with Crippen molar-refractivity contribution in [1.29, 1.82) is 0 Å². The SMILES string of the molecule is [2H]C([2H])([2H])C([2H])(c1ccc2c(n1)oc1c(-c3c(-c4ccccc4F)ccc[n+]3C)c(C)ccc12)C([2H])([2H])[2H]. The molecule has 0 unspecified atom stereocenters. The molecule has 3 nitrogen and oxygen atoms in total. The fraction of sp³-hybridized carbons (Fsp3) is 0.185. The lowest BCUT2D eigenvalue weighted by Crippen LogP contribution is -2.31. The standard InChI is InChI=1S/C27H24FN2O/c1-16(2)23-14-13-21-20-12-11-17(3)24(26(20)31-27(21)29-23)25-19(9-7-15-30(25)4)18-8-5-6-10-22(18)28/h5-16H,1-4H3/q+1/i1D3,2D3,16D. The van der Waals surface area contributed by atoms with Crippen LogP contribution in [0.15, 0.2) is 71.3 Å². The number of benzene rings is 2. The number of aryl methyl sites for hydroxylation is 2. The van der Waals surface area contributed by atoms with E-state index in [1.165, 1.54) is 18.2 Å². The van der Waals surface area contributed by atoms with Crippen LogP contribution < -0.4 is 4.57 Å². The van der Waals surface area contributed by atoms with E-state index in [1.54, 1.807) is 18.2 Å². The third kappa shape index (κ3) is 3.10. The van der Waals surface area contributed by atoms with E-state index in [4.69, 9.17) is 14.0 Å². The number of nitrogens with zero attached hydrogens (tertiary/aromatic N) is 2. The second-order valence-electron chi connectivity index (χ2n) is 7.52. The Labute approximate surface area is 190 Å². The number of pyridine rings is 2. The molecule has 0 N–H and O–H groups in total. The van der Waals surface area contributed by atoms with Gasteiger partial charge in [-0.05, 0) is 42.6 Å². The highest BCUT2D eigenvalue weighted by Crippen LogP contribution is 2.40. The van der Waals surface area contributed by atoms with Crippen molar-refractivity contribution in [3.05, 3.63) is 83.9 Å². The predicted molar refractivity (Wildman–Crippen MR) is 122 cm³/mol. The lowest BCUT2D eigenvalue weighted by Gasteiger charge is -2.11. The van der Waals surface area contributed by atoms with Gasteiger partial charge in [-0.1, -0.05) is 44.0 Å². The maximum atomic E-state index is 14.9. The molecule has 3 heterocycles. The molecule has 0 aliphatic rings. The molecular weight excluding hydrogens is 387 g/mol. The van der Waals surface area contributed by atoms with Crippen LogP contribution in [-0.2, 0) is 7.05 Å². The van der Waals surface area contributed by atoms with Crippen molar-refractivity contribution in [2.24, 2.45) is 7.05 Å². The van der Waals surface area contributed by atoms with Gasteiger partial charge < -0.3 is 4.42 Å². The molecule has 5 aromatic rings. The van der Waals surface area contributed by atoms with Crippen LogP contribution in [0.3, 0.4) is 0 Å². The summed E-state index contributed by atoms with van der Waals surface area (Å²) in [5, 5.41) is 1.20. The lowest BCUT2D eigenvalue weighted by atomic mass is 9.94. The predicted octanol–water partition coefficient (Wildman–Crippen LogP) is 6.71. The van der Waals surface area contributed by atoms with Crippen molar-refractivity contribution < 1.29 is 23.0 Å². The average molecular weight is 419 g/mol. The first-order valence-electron chi connectivity index (χ1n) is 13.3. The third-order valence-corrected chi connectivity index (χ3v) is 5.55. The van der Waals surface area contributed by atoms with Gasteiger partial charge in [-0.3, -0.25) is 0 Å². The summed E-state index contributed by atoms with van der Waals surface area (Å²) in [6, 6.07) is 16.7. The molecule has 0 saturated carbocycles. The normalized spacial score (nSPS) is 16.2. The highest BCUT2D eigenvalue weighted by molar-refractivity contribution is 6.09. The van der Waals surface area contributed by atoms with Crippen LogP contribution in [0.4, 0.5) is 4.39 Å². The van der Waals surface area contributed by atoms with Crippen molar-refractivity contribution in [3.8, 4) is 22.4 Å². The lowest BCUT2D eigenvalue weighted by molar-refractivity contribution is -0.659. The van der Waals surface area contributed by atoms with Crippen molar-refractivity contribution in [1.82, 2.24) is 4.98 Å². The molecule has 154 valence electrons. The summed E-state index contributed by atoms with van der Waals surface area (Å²) in [5.74, 6) is -3.32. The Morgan fingerprint density at radius 1 is 1.00 bits per heavy atom. The molecule has 0 aliphatic heterocycles. The third-order valence-electron chi connectivity index (χ3n) is 5.55. The Morgan fingerprint density at radius 2 is 1.77 bits per heavy atom. The topological polar surface area (TPSA) is 29.9 Å². The van der Waals surface area contributed by atoms with Crippen LogP contribution in [0.25, 0.3) is 44.5 Å². The number of furan rings is 1. The Morgan fingerprint density at radius 3 is 2.58 bits per heavy atom. The minimum Gasteiger partial charge on any atom is -0.437 e. The summed E-state index contributed by atoms with van der Waals surface area (Å²) in [4.78, 5) is 4.26. The van der Waals surface area contributed by atoms with Gasteiger partial charge in [0.2, 0.25) is 11.4 Å². The molecule has 0 atom stereocenters. The summed E-state index contributed by atoms with van der Waals surface area (Å²) in [6.45, 7) is -4.44. The number of halogens is 1. The summed E-state index contributed by atoms with van der Waals surface area (Å²) in [5.41, 5.74) is 3.30. The van der Waals surface area contributed by atoms with Gasteiger partial charge in [-0.25, -0.2) is 13.9 Å². The largest absolute Gasteiger partial charge is 0.437 e. The van der Waals surface area contributed by atoms with Gasteiger partial charge in [-0.15, -0.1) is 0 Å². The Bertz CT molecular complexity index is 1690. The van der Waals surface area contributed by atoms with E-state index in [0.29, 0.717) is 38.7 Å². The van der Waals surface area contributed by atoms with E-state index < -0.39 is 25.3 Å². The average Bonchev–Trinajstić information content (AvgIpc) is 3.20. The highest BCUT2D eigenvalue weighted by atomic mass is 19.1. The molecule has 0 amide bonds. The van der Waals surface area contributed by atoms with E-state index in [1.807, 2.05) is 49.0 Å². The van der Waals surface area contributed by atoms with Gasteiger partial charge in [0.25, 0.3) is 0 Å². The van der Waals surface area contributed by atoms with Crippen LogP contribution in [0, 0.1) is 12.7 Å². The summed E-state index contributed by atoms with van der Waals surface area (Å²) in [7, 11) is 1.85. The quantitative estimate of drug-likeness (QED) is 0.305. The van der Waals surface area contributed by atoms with Crippen LogP contribution in [0.5, 0.6) is 0 Å². The minimum atomic E-state index is -3.17. The van der Waals surface area contributed by atoms with E-state index in [2.05, 4.69) is 4.98 Å². The number of fused-ring (bicyclic) bond motifs is 3. The number of aromatic nitrogens is 2. The second-order valence-corrected chi connectivity index (χ2v) is 7.52. The van der Waals surface area contributed by atoms with Crippen molar-refractivity contribution in [2.45, 2.75) is 26.5 Å². The zero-order chi connectivity index (χ0) is 27.6. The van der Waals surface area contributed by atoms with Crippen LogP contribution in [-0.4, -0.2) is 4.98 Å². The van der Waals surface area contributed by atoms with E-state index in [-0.39, 0.29) is 11.5 Å². The molecule has 3 aromatic heterocycles. The summed E-state index contributed by atoms with van der Waals surface area (Å²) < 4.78 is 78.2. The smallest absolute Gasteiger partial charge is 0.227 e. The Kier molecular flexibility index (Phi) is 3.07. The molecule has 0 spiro atoms. The van der Waals surface area contributed by atoms with E-state index in [0.717, 1.165) is 5.56 Å². The maximum Gasteiger partial charge on any atom is 0.227 e. The molecular formula is C27H24FN2O+. The number of hydrogen-bond donors (Lipinski definition) is 0. The molecule has 0 bridgehead atoms. The van der Waals surface area contributed by atoms with Gasteiger partial charge in [0.15, 0.2) is 11.8 Å². The van der Waals surface area contributed by atoms with Gasteiger partial charge in [0.05, 0.1) is 11.1 Å². The zero-order valence-corrected chi connectivity index (χ0v) is 17.0. The summed E-state index contributed by atoms with van der Waals surface area (Å²) in [6.07, 6.45) is 1.85. The van der Waals surface area contributed by atoms with E-state index in [9.17, 15) is 4.39 Å². The Hall–Kier alpha value is -3.53. The molecule has 5 rings (SSSR count). The van der Waals surface area contributed by atoms with Crippen molar-refractivity contribution in [2.75, 3.05) is 0 Å². The first-order chi connectivity index (χ1) is 17.8. The van der Waals surface area contributed by atoms with Crippen LogP contribution >= 0.6 is 0 Å². The van der Waals surface area contributed by atoms with Gasteiger partial charge in [0, 0.05) is 37.7 Å². The fourth-order valence-electron chi connectivity index (χ4n) is 4.07. The van der Waals surface area contributed by atoms with E-state index >= 15 is 0 Å². The molecule has 31 heavy (non-hydrogen) atoms. The summed E-state index contributed by atoms with van der Waals surface area (Å²) >= 11 is 0. The molecule has 0 radical (unpaired) electrons. The highest BCUT2D eigenvalue weighted by Gasteiger charge is 2.26. The Balaban J connectivity index is 1.82. The van der Waals surface area contributed by atoms with Crippen molar-refractivity contribution in [3.63, 3.8) is 0 Å². The van der Waals surface area contributed by atoms with Gasteiger partial charge in [0.1, 0.15) is 12.9 Å². The second kappa shape index (κ2) is 7.31. The van der Waals surface area contributed by atoms with Crippen molar-refractivity contribution >= 4 is 22.1 Å². The zero-order valence-electron chi connectivity index (χ0n) is 24.0. The number of rotatable bonds is 3. The minimum absolute atomic E-state index is 0.0144. The maximum absolute atomic E-state index is 14.9. The fourth-order valence-corrected chi connectivity index (χ4v) is 4.07. The molecule has 4 heteroatoms. The number of hydrogen-bond acceptors (Lipinski definition) is 2. The van der Waals surface area contributed by atoms with Gasteiger partial charge >= 0.3 is 0 Å². The van der Waals surface area contributed by atoms with Crippen LogP contribution in [0.1, 0.15) is 40.5 Å². The first-order valence-corrected chi connectivity index (χ1v) is 9.83. The molecule has 0 saturated heterocycles. The monoisotopic (exact) mass is 418 g/mol. The van der Waals surface area contributed by atoms with Crippen LogP contribution in [0.2, 0.25) is 0 Å². The first kappa shape index (κ1) is 13.0. The van der Waals surface area contributed by atoms with Gasteiger partial charge in [-0.2, -0.15) is 0 Å². The molecule has 0 fully saturated rings.